The Bertz CT molecular complexity index is 1660. The zero-order chi connectivity index (χ0) is 57.2. The van der Waals surface area contributed by atoms with Crippen molar-refractivity contribution in [1.82, 2.24) is 5.32 Å². The van der Waals surface area contributed by atoms with Gasteiger partial charge in [-0.3, -0.25) is 14.2 Å². The number of unbranched alkanes of at least 4 members (excludes halogenated alkanes) is 27. The van der Waals surface area contributed by atoms with Crippen molar-refractivity contribution in [1.29, 1.82) is 0 Å². The summed E-state index contributed by atoms with van der Waals surface area (Å²) in [5.74, 6) is -0.595. The average molecular weight is 1110 g/mol. The van der Waals surface area contributed by atoms with Crippen LogP contribution in [0.25, 0.3) is 0 Å². The molecule has 0 rings (SSSR count). The van der Waals surface area contributed by atoms with Gasteiger partial charge in [-0.05, 0) is 109 Å². The lowest BCUT2D eigenvalue weighted by Crippen LogP contribution is -2.47. The quantitative estimate of drug-likeness (QED) is 0.0212. The second-order valence-electron chi connectivity index (χ2n) is 22.5. The third-order valence-corrected chi connectivity index (χ3v) is 14.7. The number of nitrogens with zero attached hydrogens (tertiary/aromatic N) is 1. The van der Waals surface area contributed by atoms with Gasteiger partial charge in [0.2, 0.25) is 5.91 Å². The van der Waals surface area contributed by atoms with E-state index in [0.717, 1.165) is 96.3 Å². The van der Waals surface area contributed by atoms with E-state index in [1.165, 1.54) is 135 Å². The number of phosphoric ester groups is 1. The predicted molar refractivity (Wildman–Crippen MR) is 334 cm³/mol. The summed E-state index contributed by atoms with van der Waals surface area (Å²) < 4.78 is 30.3. The van der Waals surface area contributed by atoms with Crippen molar-refractivity contribution in [3.8, 4) is 0 Å². The van der Waals surface area contributed by atoms with Gasteiger partial charge >= 0.3 is 5.97 Å². The minimum absolute atomic E-state index is 0.0337. The van der Waals surface area contributed by atoms with Gasteiger partial charge in [-0.1, -0.05) is 247 Å². The van der Waals surface area contributed by atoms with E-state index < -0.39 is 26.6 Å². The van der Waals surface area contributed by atoms with Crippen LogP contribution in [0.5, 0.6) is 0 Å². The van der Waals surface area contributed by atoms with Crippen molar-refractivity contribution in [2.45, 2.75) is 283 Å². The molecule has 0 bridgehead atoms. The van der Waals surface area contributed by atoms with Crippen LogP contribution in [0.15, 0.2) is 97.2 Å². The first-order valence-electron chi connectivity index (χ1n) is 32.0. The number of rotatable bonds is 57. The Morgan fingerprint density at radius 3 is 1.26 bits per heavy atom. The Morgan fingerprint density at radius 2 is 0.821 bits per heavy atom. The largest absolute Gasteiger partial charge is 0.756 e. The standard InChI is InChI=1S/C68H121N2O7P/c1-7-10-13-16-19-22-25-28-30-32-34-35-37-39-41-43-46-49-52-55-58-61-68(72)77-66(59-56-53-50-47-44-27-24-21-18-15-12-9-3)65(64-76-78(73,74)75-63-62-70(4,5)6)69-67(71)60-57-54-51-48-45-42-40-38-36-33-31-29-26-23-20-17-14-11-8-2/h10,13,19,22,28-31,34-35,39,41,46,49,56,59,65-66H,7-9,11-12,14-18,20-21,23-27,32-33,36-38,40,42-45,47-48,50-55,57-58,60-64H2,1-6H3,(H-,69,71,73,74)/b13-10-,22-19-,30-28-,31-29+,35-34-,41-39-,49-46-,59-56+. The highest BCUT2D eigenvalue weighted by molar-refractivity contribution is 7.45. The first-order valence-corrected chi connectivity index (χ1v) is 33.5. The molecule has 3 unspecified atom stereocenters. The van der Waals surface area contributed by atoms with Crippen molar-refractivity contribution in [2.75, 3.05) is 40.9 Å². The zero-order valence-electron chi connectivity index (χ0n) is 51.3. The molecule has 0 aromatic heterocycles. The Hall–Kier alpha value is -3.07. The Kier molecular flexibility index (Phi) is 54.9. The monoisotopic (exact) mass is 1110 g/mol. The van der Waals surface area contributed by atoms with Crippen LogP contribution in [0.3, 0.4) is 0 Å². The first kappa shape index (κ1) is 74.9. The first-order chi connectivity index (χ1) is 37.9. The summed E-state index contributed by atoms with van der Waals surface area (Å²) in [6.45, 7) is 6.70. The van der Waals surface area contributed by atoms with Crippen molar-refractivity contribution < 1.29 is 37.3 Å². The summed E-state index contributed by atoms with van der Waals surface area (Å²) in [5.41, 5.74) is 0. The number of amides is 1. The molecule has 0 fully saturated rings. The zero-order valence-corrected chi connectivity index (χ0v) is 52.2. The van der Waals surface area contributed by atoms with Crippen molar-refractivity contribution in [2.24, 2.45) is 0 Å². The molecule has 1 N–H and O–H groups in total. The summed E-state index contributed by atoms with van der Waals surface area (Å²) >= 11 is 0. The van der Waals surface area contributed by atoms with Gasteiger partial charge in [0.05, 0.1) is 33.8 Å². The number of phosphoric acid groups is 1. The summed E-state index contributed by atoms with van der Waals surface area (Å²) in [4.78, 5) is 40.0. The van der Waals surface area contributed by atoms with E-state index in [1.54, 1.807) is 0 Å². The number of carbonyl (C=O) groups excluding carboxylic acids is 2. The second-order valence-corrected chi connectivity index (χ2v) is 23.9. The lowest BCUT2D eigenvalue weighted by molar-refractivity contribution is -0.870. The topological polar surface area (TPSA) is 114 Å². The molecule has 0 heterocycles. The van der Waals surface area contributed by atoms with E-state index in [2.05, 4.69) is 111 Å². The number of ether oxygens (including phenoxy) is 1. The highest BCUT2D eigenvalue weighted by atomic mass is 31.2. The molecule has 0 aromatic rings. The molecule has 1 amide bonds. The minimum atomic E-state index is -4.72. The predicted octanol–water partition coefficient (Wildman–Crippen LogP) is 19.3. The van der Waals surface area contributed by atoms with Crippen LogP contribution >= 0.6 is 7.82 Å². The van der Waals surface area contributed by atoms with E-state index in [1.807, 2.05) is 33.3 Å². The van der Waals surface area contributed by atoms with E-state index in [4.69, 9.17) is 13.8 Å². The number of quaternary nitrogens is 1. The highest BCUT2D eigenvalue weighted by Crippen LogP contribution is 2.38. The molecule has 0 aromatic carbocycles. The number of hydrogen-bond acceptors (Lipinski definition) is 7. The molecule has 9 nitrogen and oxygen atoms in total. The molecule has 450 valence electrons. The third-order valence-electron chi connectivity index (χ3n) is 13.7. The molecule has 10 heteroatoms. The molecule has 0 spiro atoms. The number of likely N-dealkylation sites (N-methyl/N-ethyl adjacent to an activating group) is 1. The van der Waals surface area contributed by atoms with Crippen LogP contribution in [0.2, 0.25) is 0 Å². The number of nitrogens with one attached hydrogen (secondary N) is 1. The summed E-state index contributed by atoms with van der Waals surface area (Å²) in [5, 5.41) is 3.02. The summed E-state index contributed by atoms with van der Waals surface area (Å²) in [6, 6.07) is -0.913. The van der Waals surface area contributed by atoms with Gasteiger partial charge in [0.25, 0.3) is 7.82 Å². The Balaban J connectivity index is 5.31. The SMILES string of the molecule is CC/C=C\C/C=C\C/C=C\C/C=C\C/C=C\C/C=C\CCCCC(=O)OC(/C=C/CCCCCCCCCCCC)C(COP(=O)([O-])OCC[N+](C)(C)C)NC(=O)CCCCCCCCCCC/C=C/CCCCCCCC. The van der Waals surface area contributed by atoms with Crippen LogP contribution in [0.4, 0.5) is 0 Å². The third kappa shape index (κ3) is 57.6. The minimum Gasteiger partial charge on any atom is -0.756 e. The number of allylic oxidation sites excluding steroid dienone is 15. The van der Waals surface area contributed by atoms with E-state index in [9.17, 15) is 19.0 Å². The summed E-state index contributed by atoms with van der Waals surface area (Å²) in [6.07, 6.45) is 76.6. The smallest absolute Gasteiger partial charge is 0.306 e. The lowest BCUT2D eigenvalue weighted by Gasteiger charge is -2.30. The molecule has 0 saturated carbocycles. The van der Waals surface area contributed by atoms with E-state index >= 15 is 0 Å². The number of esters is 1. The van der Waals surface area contributed by atoms with Gasteiger partial charge in [-0.2, -0.15) is 0 Å². The van der Waals surface area contributed by atoms with Gasteiger partial charge in [-0.25, -0.2) is 0 Å². The number of carbonyl (C=O) groups is 2. The van der Waals surface area contributed by atoms with Crippen molar-refractivity contribution in [3.05, 3.63) is 97.2 Å². The van der Waals surface area contributed by atoms with E-state index in [0.29, 0.717) is 23.9 Å². The molecule has 0 aliphatic heterocycles. The fourth-order valence-corrected chi connectivity index (χ4v) is 9.54. The fraction of sp³-hybridized carbons (Fsp3) is 0.735. The molecule has 0 aliphatic rings. The van der Waals surface area contributed by atoms with Crippen LogP contribution in [0.1, 0.15) is 271 Å². The van der Waals surface area contributed by atoms with Gasteiger partial charge < -0.3 is 28.5 Å². The molecular formula is C68H121N2O7P. The summed E-state index contributed by atoms with van der Waals surface area (Å²) in [7, 11) is 1.15. The van der Waals surface area contributed by atoms with Gasteiger partial charge in [-0.15, -0.1) is 0 Å². The van der Waals surface area contributed by atoms with Gasteiger partial charge in [0, 0.05) is 12.8 Å². The van der Waals surface area contributed by atoms with Crippen LogP contribution in [0, 0.1) is 0 Å². The fourth-order valence-electron chi connectivity index (χ4n) is 8.81. The van der Waals surface area contributed by atoms with Crippen LogP contribution in [-0.2, 0) is 27.9 Å². The molecule has 78 heavy (non-hydrogen) atoms. The van der Waals surface area contributed by atoms with Gasteiger partial charge in [0.15, 0.2) is 0 Å². The molecule has 3 atom stereocenters. The number of hydrogen-bond donors (Lipinski definition) is 1. The maximum absolute atomic E-state index is 13.5. The highest BCUT2D eigenvalue weighted by Gasteiger charge is 2.27. The Labute approximate surface area is 481 Å². The second kappa shape index (κ2) is 57.2. The van der Waals surface area contributed by atoms with Crippen LogP contribution in [-0.4, -0.2) is 69.4 Å². The van der Waals surface area contributed by atoms with E-state index in [-0.39, 0.29) is 24.9 Å². The molecule has 0 radical (unpaired) electrons. The van der Waals surface area contributed by atoms with Crippen molar-refractivity contribution >= 4 is 19.7 Å². The van der Waals surface area contributed by atoms with Gasteiger partial charge in [0.1, 0.15) is 19.3 Å². The Morgan fingerprint density at radius 1 is 0.462 bits per heavy atom. The normalized spacial score (nSPS) is 14.3. The van der Waals surface area contributed by atoms with Crippen LogP contribution < -0.4 is 10.2 Å². The van der Waals surface area contributed by atoms with Crippen molar-refractivity contribution in [3.63, 3.8) is 0 Å². The average Bonchev–Trinajstić information content (AvgIpc) is 3.40. The molecule has 0 saturated heterocycles. The lowest BCUT2D eigenvalue weighted by atomic mass is 10.0. The maximum atomic E-state index is 13.5. The maximum Gasteiger partial charge on any atom is 0.306 e. The molecular weight excluding hydrogens is 988 g/mol. The molecule has 0 aliphatic carbocycles.